The van der Waals surface area contributed by atoms with Crippen molar-refractivity contribution in [1.82, 2.24) is 4.90 Å². The molecule has 0 aromatic heterocycles. The molecule has 0 bridgehead atoms. The number of carbonyl (C=O) groups is 2. The van der Waals surface area contributed by atoms with Gasteiger partial charge < -0.3 is 14.9 Å². The molecule has 5 nitrogen and oxygen atoms in total. The lowest BCUT2D eigenvalue weighted by atomic mass is 9.94. The minimum absolute atomic E-state index is 0.00606. The van der Waals surface area contributed by atoms with Crippen LogP contribution >= 0.6 is 0 Å². The summed E-state index contributed by atoms with van der Waals surface area (Å²) in [6.07, 6.45) is -0.00606. The lowest BCUT2D eigenvalue weighted by molar-refractivity contribution is -0.142. The minimum atomic E-state index is -0.966. The monoisotopic (exact) mass is 292 g/mol. The Hall–Kier alpha value is -2.04. The Morgan fingerprint density at radius 1 is 1.19 bits per heavy atom. The fourth-order valence-corrected chi connectivity index (χ4v) is 2.25. The predicted molar refractivity (Wildman–Crippen MR) is 83.7 cm³/mol. The zero-order valence-corrected chi connectivity index (χ0v) is 13.2. The summed E-state index contributed by atoms with van der Waals surface area (Å²) in [5, 5.41) is 9.45. The Morgan fingerprint density at radius 3 is 2.29 bits per heavy atom. The van der Waals surface area contributed by atoms with Crippen LogP contribution in [0.2, 0.25) is 0 Å². The number of hydrogen-bond acceptors (Lipinski definition) is 3. The van der Waals surface area contributed by atoms with E-state index in [1.165, 1.54) is 0 Å². The first kappa shape index (κ1) is 17.0. The van der Waals surface area contributed by atoms with Crippen molar-refractivity contribution in [3.63, 3.8) is 0 Å². The largest absolute Gasteiger partial charge is 0.481 e. The van der Waals surface area contributed by atoms with Gasteiger partial charge in [-0.2, -0.15) is 0 Å². The Morgan fingerprint density at radius 2 is 1.81 bits per heavy atom. The van der Waals surface area contributed by atoms with E-state index in [0.717, 1.165) is 5.69 Å². The molecule has 0 aliphatic heterocycles. The van der Waals surface area contributed by atoms with Gasteiger partial charge in [-0.25, -0.2) is 0 Å². The van der Waals surface area contributed by atoms with Gasteiger partial charge >= 0.3 is 5.97 Å². The van der Waals surface area contributed by atoms with E-state index >= 15 is 0 Å². The Kier molecular flexibility index (Phi) is 6.21. The highest BCUT2D eigenvalue weighted by atomic mass is 16.4. The van der Waals surface area contributed by atoms with Gasteiger partial charge in [0.2, 0.25) is 5.91 Å². The summed E-state index contributed by atoms with van der Waals surface area (Å²) in [4.78, 5) is 27.3. The fraction of sp³-hybridized carbons (Fsp3) is 0.500. The number of benzene rings is 1. The molecule has 0 saturated carbocycles. The number of aliphatic carboxylic acids is 1. The van der Waals surface area contributed by atoms with Crippen LogP contribution in [-0.2, 0) is 9.59 Å². The normalized spacial score (nSPS) is 11.8. The highest BCUT2D eigenvalue weighted by molar-refractivity contribution is 5.86. The first-order valence-electron chi connectivity index (χ1n) is 7.18. The maximum Gasteiger partial charge on any atom is 0.311 e. The molecular weight excluding hydrogens is 268 g/mol. The summed E-state index contributed by atoms with van der Waals surface area (Å²) in [7, 11) is 3.80. The van der Waals surface area contributed by atoms with E-state index in [1.807, 2.05) is 51.0 Å². The van der Waals surface area contributed by atoms with Gasteiger partial charge in [-0.3, -0.25) is 9.59 Å². The lowest BCUT2D eigenvalue weighted by Gasteiger charge is -2.22. The number of anilines is 1. The molecule has 1 N–H and O–H groups in total. The summed E-state index contributed by atoms with van der Waals surface area (Å²) in [5.74, 6) is -1.90. The molecule has 0 aliphatic carbocycles. The third kappa shape index (κ3) is 4.48. The molecular formula is C16H24N2O3. The van der Waals surface area contributed by atoms with Crippen molar-refractivity contribution in [2.24, 2.45) is 0 Å². The maximum atomic E-state index is 12.2. The number of carboxylic acids is 1. The van der Waals surface area contributed by atoms with Gasteiger partial charge in [-0.05, 0) is 31.5 Å². The second-order valence-corrected chi connectivity index (χ2v) is 5.15. The Labute approximate surface area is 126 Å². The predicted octanol–water partition coefficient (Wildman–Crippen LogP) is 2.18. The third-order valence-corrected chi connectivity index (χ3v) is 3.58. The Bertz CT molecular complexity index is 496. The number of rotatable bonds is 7. The quantitative estimate of drug-likeness (QED) is 0.837. The summed E-state index contributed by atoms with van der Waals surface area (Å²) < 4.78 is 0. The van der Waals surface area contributed by atoms with Crippen molar-refractivity contribution in [2.75, 3.05) is 32.1 Å². The molecule has 5 heteroatoms. The molecule has 1 rings (SSSR count). The van der Waals surface area contributed by atoms with Crippen LogP contribution < -0.4 is 4.90 Å². The average molecular weight is 292 g/mol. The molecule has 1 amide bonds. The molecule has 0 fully saturated rings. The molecule has 21 heavy (non-hydrogen) atoms. The topological polar surface area (TPSA) is 60.9 Å². The fourth-order valence-electron chi connectivity index (χ4n) is 2.25. The number of amides is 1. The van der Waals surface area contributed by atoms with E-state index in [2.05, 4.69) is 0 Å². The number of hydrogen-bond donors (Lipinski definition) is 1. The molecule has 0 spiro atoms. The van der Waals surface area contributed by atoms with Crippen LogP contribution in [-0.4, -0.2) is 49.1 Å². The molecule has 0 saturated heterocycles. The van der Waals surface area contributed by atoms with Crippen LogP contribution in [0.1, 0.15) is 31.7 Å². The van der Waals surface area contributed by atoms with Crippen molar-refractivity contribution >= 4 is 17.6 Å². The molecule has 116 valence electrons. The van der Waals surface area contributed by atoms with Gasteiger partial charge in [0.1, 0.15) is 0 Å². The minimum Gasteiger partial charge on any atom is -0.481 e. The van der Waals surface area contributed by atoms with Gasteiger partial charge in [0.25, 0.3) is 0 Å². The van der Waals surface area contributed by atoms with E-state index in [4.69, 9.17) is 0 Å². The molecule has 1 unspecified atom stereocenters. The molecule has 0 heterocycles. The zero-order valence-electron chi connectivity index (χ0n) is 13.2. The second-order valence-electron chi connectivity index (χ2n) is 5.15. The van der Waals surface area contributed by atoms with E-state index < -0.39 is 11.9 Å². The zero-order chi connectivity index (χ0) is 16.0. The maximum absolute atomic E-state index is 12.2. The van der Waals surface area contributed by atoms with Crippen LogP contribution in [0.3, 0.4) is 0 Å². The van der Waals surface area contributed by atoms with Gasteiger partial charge in [-0.15, -0.1) is 0 Å². The summed E-state index contributed by atoms with van der Waals surface area (Å²) >= 11 is 0. The van der Waals surface area contributed by atoms with Crippen molar-refractivity contribution in [3.05, 3.63) is 29.8 Å². The number of carboxylic acid groups (broad SMARTS) is 1. The van der Waals surface area contributed by atoms with Crippen molar-refractivity contribution in [2.45, 2.75) is 26.2 Å². The molecule has 1 aromatic carbocycles. The van der Waals surface area contributed by atoms with Crippen LogP contribution in [0.25, 0.3) is 0 Å². The first-order chi connectivity index (χ1) is 9.90. The van der Waals surface area contributed by atoms with Crippen molar-refractivity contribution < 1.29 is 14.7 Å². The SMILES string of the molecule is CCN(CC)C(=O)CC(C(=O)O)c1cccc(N(C)C)c1. The summed E-state index contributed by atoms with van der Waals surface area (Å²) in [6, 6.07) is 7.33. The Balaban J connectivity index is 3.00. The van der Waals surface area contributed by atoms with E-state index in [1.54, 1.807) is 11.0 Å². The second kappa shape index (κ2) is 7.67. The van der Waals surface area contributed by atoms with Crippen LogP contribution in [0.4, 0.5) is 5.69 Å². The number of nitrogens with zero attached hydrogens (tertiary/aromatic N) is 2. The highest BCUT2D eigenvalue weighted by Crippen LogP contribution is 2.25. The van der Waals surface area contributed by atoms with Gasteiger partial charge in [0.15, 0.2) is 0 Å². The van der Waals surface area contributed by atoms with Gasteiger partial charge in [0, 0.05) is 39.3 Å². The lowest BCUT2D eigenvalue weighted by Crippen LogP contribution is -2.32. The highest BCUT2D eigenvalue weighted by Gasteiger charge is 2.25. The number of carbonyl (C=O) groups excluding carboxylic acids is 1. The van der Waals surface area contributed by atoms with E-state index in [-0.39, 0.29) is 12.3 Å². The third-order valence-electron chi connectivity index (χ3n) is 3.58. The van der Waals surface area contributed by atoms with Gasteiger partial charge in [0.05, 0.1) is 5.92 Å². The standard InChI is InChI=1S/C16H24N2O3/c1-5-18(6-2)15(19)11-14(16(20)21)12-8-7-9-13(10-12)17(3)4/h7-10,14H,5-6,11H2,1-4H3,(H,20,21). The van der Waals surface area contributed by atoms with E-state index in [9.17, 15) is 14.7 Å². The van der Waals surface area contributed by atoms with E-state index in [0.29, 0.717) is 18.7 Å². The molecule has 0 aliphatic rings. The summed E-state index contributed by atoms with van der Waals surface area (Å²) in [6.45, 7) is 4.98. The van der Waals surface area contributed by atoms with Crippen LogP contribution in [0.5, 0.6) is 0 Å². The molecule has 1 atom stereocenters. The van der Waals surface area contributed by atoms with Crippen LogP contribution in [0, 0.1) is 0 Å². The van der Waals surface area contributed by atoms with Crippen molar-refractivity contribution in [1.29, 1.82) is 0 Å². The molecule has 1 aromatic rings. The smallest absolute Gasteiger partial charge is 0.311 e. The average Bonchev–Trinajstić information content (AvgIpc) is 2.45. The summed E-state index contributed by atoms with van der Waals surface area (Å²) in [5.41, 5.74) is 1.59. The van der Waals surface area contributed by atoms with Gasteiger partial charge in [-0.1, -0.05) is 12.1 Å². The van der Waals surface area contributed by atoms with Crippen molar-refractivity contribution in [3.8, 4) is 0 Å². The first-order valence-corrected chi connectivity index (χ1v) is 7.18. The molecule has 0 radical (unpaired) electrons. The van der Waals surface area contributed by atoms with Crippen LogP contribution in [0.15, 0.2) is 24.3 Å².